The molecule has 9 heteroatoms. The Morgan fingerprint density at radius 2 is 2.12 bits per heavy atom. The van der Waals surface area contributed by atoms with Crippen LogP contribution in [0.4, 0.5) is 5.82 Å². The number of carbonyl (C=O) groups is 1. The van der Waals surface area contributed by atoms with E-state index in [2.05, 4.69) is 39.5 Å². The van der Waals surface area contributed by atoms with E-state index in [4.69, 9.17) is 11.6 Å². The zero-order chi connectivity index (χ0) is 19.3. The summed E-state index contributed by atoms with van der Waals surface area (Å²) in [5.74, 6) is 1.52. The van der Waals surface area contributed by atoms with Gasteiger partial charge < -0.3 is 10.6 Å². The lowest BCUT2D eigenvalue weighted by Gasteiger charge is -2.20. The van der Waals surface area contributed by atoms with Crippen LogP contribution < -0.4 is 10.6 Å². The van der Waals surface area contributed by atoms with Crippen molar-refractivity contribution < 1.29 is 4.79 Å². The van der Waals surface area contributed by atoms with Crippen molar-refractivity contribution in [2.75, 3.05) is 30.5 Å². The van der Waals surface area contributed by atoms with Crippen LogP contribution in [-0.4, -0.2) is 50.9 Å². The van der Waals surface area contributed by atoms with E-state index in [9.17, 15) is 4.79 Å². The molecule has 144 valence electrons. The molecule has 0 radical (unpaired) electrons. The van der Waals surface area contributed by atoms with E-state index in [-0.39, 0.29) is 11.8 Å². The van der Waals surface area contributed by atoms with Crippen LogP contribution in [-0.2, 0) is 11.3 Å². The lowest BCUT2D eigenvalue weighted by Crippen LogP contribution is -2.39. The Morgan fingerprint density at radius 3 is 2.73 bits per heavy atom. The maximum absolute atomic E-state index is 12.1. The van der Waals surface area contributed by atoms with Crippen molar-refractivity contribution in [3.05, 3.63) is 6.20 Å². The molecule has 0 spiro atoms. The summed E-state index contributed by atoms with van der Waals surface area (Å²) in [5, 5.41) is 12.3. The molecule has 26 heavy (non-hydrogen) atoms. The van der Waals surface area contributed by atoms with E-state index in [0.717, 1.165) is 23.4 Å². The first-order chi connectivity index (χ1) is 12.3. The van der Waals surface area contributed by atoms with Crippen molar-refractivity contribution in [1.82, 2.24) is 25.1 Å². The van der Waals surface area contributed by atoms with Gasteiger partial charge in [-0.25, -0.2) is 14.6 Å². The van der Waals surface area contributed by atoms with Gasteiger partial charge in [-0.05, 0) is 26.0 Å². The monoisotopic (exact) mass is 398 g/mol. The molecule has 0 fully saturated rings. The molecule has 0 atom stereocenters. The minimum absolute atomic E-state index is 0.0670. The number of anilines is 1. The highest BCUT2D eigenvalue weighted by molar-refractivity contribution is 7.98. The number of alkyl halides is 1. The van der Waals surface area contributed by atoms with Crippen LogP contribution in [0.1, 0.15) is 27.7 Å². The average molecular weight is 399 g/mol. The third-order valence-corrected chi connectivity index (χ3v) is 5.11. The maximum atomic E-state index is 12.1. The summed E-state index contributed by atoms with van der Waals surface area (Å²) in [6.45, 7) is 9.76. The minimum atomic E-state index is -0.587. The van der Waals surface area contributed by atoms with Gasteiger partial charge in [-0.3, -0.25) is 4.79 Å². The summed E-state index contributed by atoms with van der Waals surface area (Å²) in [6.07, 6.45) is 3.72. The molecule has 2 aromatic heterocycles. The van der Waals surface area contributed by atoms with E-state index in [1.807, 2.05) is 20.1 Å². The topological polar surface area (TPSA) is 84.7 Å². The average Bonchev–Trinajstić information content (AvgIpc) is 3.02. The standard InChI is InChI=1S/C17H27ClN6OS/c1-11(2)8-20-13-12-9-21-24(14(12)23-16(22-13)26-5)7-6-19-15(25)17(3,4)10-18/h9,11H,6-8,10H2,1-5H3,(H,19,25)(H,20,22,23). The number of nitrogens with one attached hydrogen (secondary N) is 2. The third-order valence-electron chi connectivity index (χ3n) is 3.89. The van der Waals surface area contributed by atoms with Gasteiger partial charge in [-0.15, -0.1) is 11.6 Å². The van der Waals surface area contributed by atoms with Crippen LogP contribution >= 0.6 is 23.4 Å². The minimum Gasteiger partial charge on any atom is -0.369 e. The fraction of sp³-hybridized carbons (Fsp3) is 0.647. The smallest absolute Gasteiger partial charge is 0.226 e. The van der Waals surface area contributed by atoms with Gasteiger partial charge in [0.1, 0.15) is 5.82 Å². The number of halogens is 1. The van der Waals surface area contributed by atoms with Gasteiger partial charge in [0.2, 0.25) is 5.91 Å². The normalized spacial score (nSPS) is 12.0. The van der Waals surface area contributed by atoms with Crippen LogP contribution in [0.15, 0.2) is 11.4 Å². The van der Waals surface area contributed by atoms with E-state index in [0.29, 0.717) is 24.2 Å². The highest BCUT2D eigenvalue weighted by Gasteiger charge is 2.26. The highest BCUT2D eigenvalue weighted by atomic mass is 35.5. The summed E-state index contributed by atoms with van der Waals surface area (Å²) < 4.78 is 1.80. The molecule has 2 aromatic rings. The van der Waals surface area contributed by atoms with Crippen LogP contribution in [0.3, 0.4) is 0 Å². The Balaban J connectivity index is 2.16. The summed E-state index contributed by atoms with van der Waals surface area (Å²) >= 11 is 7.33. The molecule has 0 aliphatic heterocycles. The Kier molecular flexibility index (Phi) is 7.11. The number of hydrogen-bond acceptors (Lipinski definition) is 6. The van der Waals surface area contributed by atoms with Crippen molar-refractivity contribution in [1.29, 1.82) is 0 Å². The largest absolute Gasteiger partial charge is 0.369 e. The van der Waals surface area contributed by atoms with Crippen molar-refractivity contribution in [3.8, 4) is 0 Å². The van der Waals surface area contributed by atoms with Gasteiger partial charge in [0.05, 0.1) is 23.5 Å². The summed E-state index contributed by atoms with van der Waals surface area (Å²) in [7, 11) is 0. The van der Waals surface area contributed by atoms with Gasteiger partial charge in [-0.1, -0.05) is 25.6 Å². The van der Waals surface area contributed by atoms with E-state index in [1.165, 1.54) is 11.8 Å². The van der Waals surface area contributed by atoms with Gasteiger partial charge >= 0.3 is 0 Å². The first kappa shape index (κ1) is 20.8. The quantitative estimate of drug-likeness (QED) is 0.383. The Hall–Kier alpha value is -1.54. The third kappa shape index (κ3) is 5.01. The number of thioether (sulfide) groups is 1. The SMILES string of the molecule is CSc1nc(NCC(C)C)c2cnn(CCNC(=O)C(C)(C)CCl)c2n1. The van der Waals surface area contributed by atoms with E-state index >= 15 is 0 Å². The highest BCUT2D eigenvalue weighted by Crippen LogP contribution is 2.23. The fourth-order valence-corrected chi connectivity index (χ4v) is 2.68. The van der Waals surface area contributed by atoms with Gasteiger partial charge in [0.15, 0.2) is 10.8 Å². The Labute approximate surface area is 163 Å². The van der Waals surface area contributed by atoms with Crippen molar-refractivity contribution in [2.45, 2.75) is 39.4 Å². The predicted octanol–water partition coefficient (Wildman–Crippen LogP) is 3.00. The Morgan fingerprint density at radius 1 is 1.38 bits per heavy atom. The van der Waals surface area contributed by atoms with Gasteiger partial charge in [0, 0.05) is 19.0 Å². The van der Waals surface area contributed by atoms with E-state index < -0.39 is 5.41 Å². The summed E-state index contributed by atoms with van der Waals surface area (Å²) in [5.41, 5.74) is 0.178. The molecule has 0 aliphatic rings. The van der Waals surface area contributed by atoms with Crippen molar-refractivity contribution >= 4 is 46.1 Å². The molecule has 2 heterocycles. The first-order valence-corrected chi connectivity index (χ1v) is 10.4. The predicted molar refractivity (Wildman–Crippen MR) is 108 cm³/mol. The molecule has 1 amide bonds. The fourth-order valence-electron chi connectivity index (χ4n) is 2.20. The number of aromatic nitrogens is 4. The van der Waals surface area contributed by atoms with Gasteiger partial charge in [-0.2, -0.15) is 5.10 Å². The molecule has 2 rings (SSSR count). The van der Waals surface area contributed by atoms with Gasteiger partial charge in [0.25, 0.3) is 0 Å². The molecule has 0 saturated heterocycles. The van der Waals surface area contributed by atoms with Crippen molar-refractivity contribution in [3.63, 3.8) is 0 Å². The molecular weight excluding hydrogens is 372 g/mol. The zero-order valence-electron chi connectivity index (χ0n) is 16.0. The number of fused-ring (bicyclic) bond motifs is 1. The molecule has 2 N–H and O–H groups in total. The van der Waals surface area contributed by atoms with E-state index in [1.54, 1.807) is 10.9 Å². The van der Waals surface area contributed by atoms with Crippen LogP contribution in [0.5, 0.6) is 0 Å². The maximum Gasteiger partial charge on any atom is 0.226 e. The van der Waals surface area contributed by atoms with Crippen LogP contribution in [0.2, 0.25) is 0 Å². The number of hydrogen-bond donors (Lipinski definition) is 2. The molecule has 0 saturated carbocycles. The zero-order valence-corrected chi connectivity index (χ0v) is 17.5. The van der Waals surface area contributed by atoms with Crippen molar-refractivity contribution in [2.24, 2.45) is 11.3 Å². The molecule has 0 unspecified atom stereocenters. The number of nitrogens with zero attached hydrogens (tertiary/aromatic N) is 4. The second-order valence-electron chi connectivity index (χ2n) is 7.21. The molecule has 0 aliphatic carbocycles. The number of rotatable bonds is 9. The Bertz CT molecular complexity index is 761. The second kappa shape index (κ2) is 8.90. The molecular formula is C17H27ClN6OS. The molecule has 7 nitrogen and oxygen atoms in total. The van der Waals surface area contributed by atoms with Crippen LogP contribution in [0, 0.1) is 11.3 Å². The lowest BCUT2D eigenvalue weighted by molar-refractivity contribution is -0.128. The second-order valence-corrected chi connectivity index (χ2v) is 8.25. The lowest BCUT2D eigenvalue weighted by atomic mass is 9.95. The number of amides is 1. The first-order valence-electron chi connectivity index (χ1n) is 8.64. The molecule has 0 aromatic carbocycles. The number of carbonyl (C=O) groups excluding carboxylic acids is 1. The molecule has 0 bridgehead atoms. The van der Waals surface area contributed by atoms with Crippen LogP contribution in [0.25, 0.3) is 11.0 Å². The summed E-state index contributed by atoms with van der Waals surface area (Å²) in [4.78, 5) is 21.3. The summed E-state index contributed by atoms with van der Waals surface area (Å²) in [6, 6.07) is 0.